The van der Waals surface area contributed by atoms with Gasteiger partial charge in [0.05, 0.1) is 10.6 Å². The zero-order valence-electron chi connectivity index (χ0n) is 10.9. The maximum atomic E-state index is 12.2. The molecule has 1 saturated heterocycles. The van der Waals surface area contributed by atoms with Gasteiger partial charge in [-0.15, -0.1) is 0 Å². The van der Waals surface area contributed by atoms with E-state index in [1.165, 1.54) is 6.42 Å². The van der Waals surface area contributed by atoms with Gasteiger partial charge in [0.25, 0.3) is 5.91 Å². The Labute approximate surface area is 127 Å². The average Bonchev–Trinajstić information content (AvgIpc) is 2.42. The predicted molar refractivity (Wildman–Crippen MR) is 81.7 cm³/mol. The number of rotatable bonds is 3. The van der Waals surface area contributed by atoms with Crippen molar-refractivity contribution in [3.8, 4) is 0 Å². The Morgan fingerprint density at radius 1 is 1.58 bits per heavy atom. The Morgan fingerprint density at radius 2 is 2.37 bits per heavy atom. The van der Waals surface area contributed by atoms with Gasteiger partial charge in [-0.2, -0.15) is 0 Å². The summed E-state index contributed by atoms with van der Waals surface area (Å²) in [4.78, 5) is 12.2. The van der Waals surface area contributed by atoms with Crippen LogP contribution in [-0.2, 0) is 0 Å². The Morgan fingerprint density at radius 3 is 3.05 bits per heavy atom. The van der Waals surface area contributed by atoms with Gasteiger partial charge in [-0.3, -0.25) is 4.79 Å². The monoisotopic (exact) mass is 344 g/mol. The molecule has 5 heteroatoms. The van der Waals surface area contributed by atoms with Crippen LogP contribution < -0.4 is 10.6 Å². The summed E-state index contributed by atoms with van der Waals surface area (Å²) in [6.07, 6.45) is 2.32. The lowest BCUT2D eigenvalue weighted by Gasteiger charge is -2.29. The van der Waals surface area contributed by atoms with Gasteiger partial charge in [0.1, 0.15) is 0 Å². The molecule has 0 aliphatic carbocycles. The lowest BCUT2D eigenvalue weighted by molar-refractivity contribution is 0.0922. The molecule has 2 rings (SSSR count). The first-order valence-electron chi connectivity index (χ1n) is 6.54. The van der Waals surface area contributed by atoms with E-state index >= 15 is 0 Å². The molecule has 1 aliphatic heterocycles. The minimum Gasteiger partial charge on any atom is -0.349 e. The first-order chi connectivity index (χ1) is 9.08. The SMILES string of the molecule is CC(NC(=O)c1cc(Br)ccc1Cl)C1CCCNC1. The third-order valence-corrected chi connectivity index (χ3v) is 4.40. The molecule has 19 heavy (non-hydrogen) atoms. The van der Waals surface area contributed by atoms with Gasteiger partial charge < -0.3 is 10.6 Å². The molecule has 2 unspecified atom stereocenters. The van der Waals surface area contributed by atoms with Gasteiger partial charge in [0.15, 0.2) is 0 Å². The van der Waals surface area contributed by atoms with E-state index < -0.39 is 0 Å². The predicted octanol–water partition coefficient (Wildman–Crippen LogP) is 3.22. The van der Waals surface area contributed by atoms with Crippen LogP contribution in [0.5, 0.6) is 0 Å². The number of carbonyl (C=O) groups is 1. The molecular formula is C14H18BrClN2O. The Kier molecular flexibility index (Phi) is 5.25. The quantitative estimate of drug-likeness (QED) is 0.883. The number of hydrogen-bond acceptors (Lipinski definition) is 2. The van der Waals surface area contributed by atoms with E-state index in [0.717, 1.165) is 24.0 Å². The van der Waals surface area contributed by atoms with Crippen molar-refractivity contribution < 1.29 is 4.79 Å². The molecule has 0 saturated carbocycles. The maximum absolute atomic E-state index is 12.2. The van der Waals surface area contributed by atoms with Gasteiger partial charge >= 0.3 is 0 Å². The van der Waals surface area contributed by atoms with Crippen molar-refractivity contribution in [2.45, 2.75) is 25.8 Å². The highest BCUT2D eigenvalue weighted by Gasteiger charge is 2.22. The molecule has 0 radical (unpaired) electrons. The molecule has 1 aromatic carbocycles. The largest absolute Gasteiger partial charge is 0.349 e. The summed E-state index contributed by atoms with van der Waals surface area (Å²) in [5.74, 6) is 0.382. The van der Waals surface area contributed by atoms with Gasteiger partial charge in [-0.1, -0.05) is 27.5 Å². The summed E-state index contributed by atoms with van der Waals surface area (Å²) in [7, 11) is 0. The van der Waals surface area contributed by atoms with Gasteiger partial charge in [-0.05, 0) is 57.0 Å². The number of halogens is 2. The van der Waals surface area contributed by atoms with Crippen LogP contribution in [-0.4, -0.2) is 25.0 Å². The number of nitrogens with one attached hydrogen (secondary N) is 2. The van der Waals surface area contributed by atoms with Crippen molar-refractivity contribution >= 4 is 33.4 Å². The Hall–Kier alpha value is -0.580. The number of piperidine rings is 1. The first-order valence-corrected chi connectivity index (χ1v) is 7.71. The summed E-state index contributed by atoms with van der Waals surface area (Å²) in [6, 6.07) is 5.46. The molecule has 1 fully saturated rings. The lowest BCUT2D eigenvalue weighted by atomic mass is 9.92. The minimum absolute atomic E-state index is 0.107. The second kappa shape index (κ2) is 6.73. The molecule has 1 amide bonds. The highest BCUT2D eigenvalue weighted by molar-refractivity contribution is 9.10. The fourth-order valence-electron chi connectivity index (χ4n) is 2.38. The van der Waals surface area contributed by atoms with Crippen molar-refractivity contribution in [1.82, 2.24) is 10.6 Å². The molecule has 1 aliphatic rings. The topological polar surface area (TPSA) is 41.1 Å². The van der Waals surface area contributed by atoms with E-state index in [1.54, 1.807) is 12.1 Å². The van der Waals surface area contributed by atoms with Crippen LogP contribution in [0.3, 0.4) is 0 Å². The number of hydrogen-bond donors (Lipinski definition) is 2. The molecule has 2 N–H and O–H groups in total. The summed E-state index contributed by atoms with van der Waals surface area (Å²) >= 11 is 9.43. The van der Waals surface area contributed by atoms with Crippen LogP contribution in [0.2, 0.25) is 5.02 Å². The second-order valence-corrected chi connectivity index (χ2v) is 6.32. The van der Waals surface area contributed by atoms with Crippen LogP contribution in [0.1, 0.15) is 30.1 Å². The van der Waals surface area contributed by atoms with Crippen molar-refractivity contribution in [3.05, 3.63) is 33.3 Å². The molecule has 2 atom stereocenters. The molecule has 0 spiro atoms. The first kappa shape index (κ1) is 14.8. The van der Waals surface area contributed by atoms with Crippen molar-refractivity contribution in [2.75, 3.05) is 13.1 Å². The molecule has 104 valence electrons. The van der Waals surface area contributed by atoms with E-state index in [2.05, 4.69) is 33.5 Å². The van der Waals surface area contributed by atoms with E-state index in [-0.39, 0.29) is 11.9 Å². The van der Waals surface area contributed by atoms with Gasteiger partial charge in [-0.25, -0.2) is 0 Å². The average molecular weight is 346 g/mol. The maximum Gasteiger partial charge on any atom is 0.253 e. The highest BCUT2D eigenvalue weighted by Crippen LogP contribution is 2.22. The van der Waals surface area contributed by atoms with Crippen LogP contribution in [0.4, 0.5) is 0 Å². The van der Waals surface area contributed by atoms with E-state index in [9.17, 15) is 4.79 Å². The standard InChI is InChI=1S/C14H18BrClN2O/c1-9(10-3-2-6-17-8-10)18-14(19)12-7-11(15)4-5-13(12)16/h4-5,7,9-10,17H,2-3,6,8H2,1H3,(H,18,19). The zero-order valence-corrected chi connectivity index (χ0v) is 13.2. The van der Waals surface area contributed by atoms with E-state index in [1.807, 2.05) is 6.07 Å². The number of carbonyl (C=O) groups excluding carboxylic acids is 1. The number of benzene rings is 1. The van der Waals surface area contributed by atoms with Gasteiger partial charge in [0, 0.05) is 10.5 Å². The summed E-state index contributed by atoms with van der Waals surface area (Å²) < 4.78 is 0.856. The van der Waals surface area contributed by atoms with Crippen LogP contribution in [0.25, 0.3) is 0 Å². The third-order valence-electron chi connectivity index (χ3n) is 3.57. The van der Waals surface area contributed by atoms with Crippen molar-refractivity contribution in [3.63, 3.8) is 0 Å². The minimum atomic E-state index is -0.107. The van der Waals surface area contributed by atoms with Gasteiger partial charge in [0.2, 0.25) is 0 Å². The van der Waals surface area contributed by atoms with E-state index in [4.69, 9.17) is 11.6 Å². The van der Waals surface area contributed by atoms with Crippen LogP contribution in [0, 0.1) is 5.92 Å². The fourth-order valence-corrected chi connectivity index (χ4v) is 2.94. The smallest absolute Gasteiger partial charge is 0.253 e. The third kappa shape index (κ3) is 3.94. The Balaban J connectivity index is 2.01. The highest BCUT2D eigenvalue weighted by atomic mass is 79.9. The van der Waals surface area contributed by atoms with Crippen LogP contribution in [0.15, 0.2) is 22.7 Å². The van der Waals surface area contributed by atoms with Crippen molar-refractivity contribution in [1.29, 1.82) is 0 Å². The molecule has 0 bridgehead atoms. The molecule has 0 aromatic heterocycles. The molecule has 3 nitrogen and oxygen atoms in total. The fraction of sp³-hybridized carbons (Fsp3) is 0.500. The van der Waals surface area contributed by atoms with E-state index in [0.29, 0.717) is 16.5 Å². The second-order valence-electron chi connectivity index (χ2n) is 4.99. The zero-order chi connectivity index (χ0) is 13.8. The summed E-state index contributed by atoms with van der Waals surface area (Å²) in [5, 5.41) is 6.90. The van der Waals surface area contributed by atoms with Crippen LogP contribution >= 0.6 is 27.5 Å². The Bertz CT molecular complexity index is 461. The molecular weight excluding hydrogens is 328 g/mol. The van der Waals surface area contributed by atoms with Crippen molar-refractivity contribution in [2.24, 2.45) is 5.92 Å². The molecule has 1 aromatic rings. The summed E-state index contributed by atoms with van der Waals surface area (Å²) in [6.45, 7) is 4.10. The normalized spacial score (nSPS) is 20.9. The molecule has 1 heterocycles. The lowest BCUT2D eigenvalue weighted by Crippen LogP contribution is -2.44. The summed E-state index contributed by atoms with van der Waals surface area (Å²) in [5.41, 5.74) is 0.520. The number of amides is 1.